The standard InChI is InChI=1S/C25H18F3N5O2/c1-15-11-16(13-29)5-10-21(15)24(34)30-19-8-6-17(7-9-19)23-31-22(32-33-23)14-35-20-4-2-3-18(12-20)25(26,27)28/h2-12H,14H2,1H3,(H,30,34)(H,31,32,33). The van der Waals surface area contributed by atoms with Gasteiger partial charge in [0.15, 0.2) is 11.6 Å². The minimum Gasteiger partial charge on any atom is -0.486 e. The molecule has 1 amide bonds. The van der Waals surface area contributed by atoms with Crippen molar-refractivity contribution in [1.82, 2.24) is 15.2 Å². The molecule has 7 nitrogen and oxygen atoms in total. The van der Waals surface area contributed by atoms with Crippen molar-refractivity contribution in [2.75, 3.05) is 5.32 Å². The largest absolute Gasteiger partial charge is 0.486 e. The van der Waals surface area contributed by atoms with Crippen molar-refractivity contribution >= 4 is 11.6 Å². The van der Waals surface area contributed by atoms with Crippen molar-refractivity contribution in [3.05, 3.63) is 94.8 Å². The number of nitriles is 1. The summed E-state index contributed by atoms with van der Waals surface area (Å²) in [6, 6.07) is 18.3. The smallest absolute Gasteiger partial charge is 0.416 e. The lowest BCUT2D eigenvalue weighted by molar-refractivity contribution is -0.137. The number of amides is 1. The molecule has 1 aromatic heterocycles. The van der Waals surface area contributed by atoms with Crippen LogP contribution in [0.1, 0.15) is 32.9 Å². The molecular weight excluding hydrogens is 459 g/mol. The lowest BCUT2D eigenvalue weighted by Crippen LogP contribution is -2.13. The number of rotatable bonds is 6. The minimum absolute atomic E-state index is 0.0652. The molecule has 4 aromatic rings. The van der Waals surface area contributed by atoms with Gasteiger partial charge in [-0.15, -0.1) is 10.2 Å². The topological polar surface area (TPSA) is 104 Å². The Bertz CT molecular complexity index is 1410. The van der Waals surface area contributed by atoms with Crippen molar-refractivity contribution in [1.29, 1.82) is 5.26 Å². The fourth-order valence-electron chi connectivity index (χ4n) is 3.30. The lowest BCUT2D eigenvalue weighted by Gasteiger charge is -2.09. The van der Waals surface area contributed by atoms with Crippen molar-refractivity contribution in [3.63, 3.8) is 0 Å². The van der Waals surface area contributed by atoms with Gasteiger partial charge in [-0.05, 0) is 73.2 Å². The number of H-pyrrole nitrogens is 1. The van der Waals surface area contributed by atoms with Crippen LogP contribution in [0.3, 0.4) is 0 Å². The zero-order valence-corrected chi connectivity index (χ0v) is 18.3. The zero-order valence-electron chi connectivity index (χ0n) is 18.3. The maximum atomic E-state index is 12.8. The van der Waals surface area contributed by atoms with E-state index in [4.69, 9.17) is 10.00 Å². The van der Waals surface area contributed by atoms with E-state index in [2.05, 4.69) is 20.5 Å². The number of aromatic nitrogens is 3. The minimum atomic E-state index is -4.45. The highest BCUT2D eigenvalue weighted by atomic mass is 19.4. The van der Waals surface area contributed by atoms with Crippen molar-refractivity contribution in [2.24, 2.45) is 0 Å². The molecular formula is C25H18F3N5O2. The maximum Gasteiger partial charge on any atom is 0.416 e. The molecule has 176 valence electrons. The first-order chi connectivity index (χ1) is 16.7. The van der Waals surface area contributed by atoms with Gasteiger partial charge in [0.1, 0.15) is 12.4 Å². The molecule has 0 fully saturated rings. The second-order valence-electron chi connectivity index (χ2n) is 7.61. The number of benzene rings is 3. The second kappa shape index (κ2) is 9.69. The van der Waals surface area contributed by atoms with Gasteiger partial charge in [-0.1, -0.05) is 6.07 Å². The van der Waals surface area contributed by atoms with Crippen LogP contribution in [-0.4, -0.2) is 21.1 Å². The Morgan fingerprint density at radius 2 is 1.86 bits per heavy atom. The number of aromatic amines is 1. The summed E-state index contributed by atoms with van der Waals surface area (Å²) in [5.41, 5.74) is 2.10. The first-order valence-electron chi connectivity index (χ1n) is 10.4. The Morgan fingerprint density at radius 1 is 1.09 bits per heavy atom. The van der Waals surface area contributed by atoms with E-state index in [1.54, 1.807) is 49.4 Å². The Kier molecular flexibility index (Phi) is 6.51. The Morgan fingerprint density at radius 3 is 2.54 bits per heavy atom. The van der Waals surface area contributed by atoms with E-state index in [0.29, 0.717) is 39.6 Å². The Balaban J connectivity index is 1.39. The third-order valence-electron chi connectivity index (χ3n) is 5.09. The van der Waals surface area contributed by atoms with Crippen molar-refractivity contribution in [2.45, 2.75) is 19.7 Å². The maximum absolute atomic E-state index is 12.8. The molecule has 0 spiro atoms. The van der Waals surface area contributed by atoms with E-state index in [-0.39, 0.29) is 18.3 Å². The average Bonchev–Trinajstić information content (AvgIpc) is 3.32. The van der Waals surface area contributed by atoms with Gasteiger partial charge in [-0.2, -0.15) is 18.4 Å². The number of hydrogen-bond acceptors (Lipinski definition) is 5. The van der Waals surface area contributed by atoms with Crippen LogP contribution in [0.15, 0.2) is 66.7 Å². The molecule has 0 aliphatic rings. The fourth-order valence-corrected chi connectivity index (χ4v) is 3.30. The van der Waals surface area contributed by atoms with Crippen molar-refractivity contribution < 1.29 is 22.7 Å². The third-order valence-corrected chi connectivity index (χ3v) is 5.09. The highest BCUT2D eigenvalue weighted by Crippen LogP contribution is 2.31. The molecule has 0 aliphatic carbocycles. The zero-order chi connectivity index (χ0) is 25.0. The van der Waals surface area contributed by atoms with Gasteiger partial charge in [0.2, 0.25) is 0 Å². The number of alkyl halides is 3. The van der Waals surface area contributed by atoms with Crippen LogP contribution in [0.5, 0.6) is 5.75 Å². The van der Waals surface area contributed by atoms with E-state index in [0.717, 1.165) is 12.1 Å². The molecule has 0 aliphatic heterocycles. The third kappa shape index (κ3) is 5.65. The molecule has 3 aromatic carbocycles. The van der Waals surface area contributed by atoms with E-state index < -0.39 is 11.7 Å². The van der Waals surface area contributed by atoms with Crippen LogP contribution in [0.2, 0.25) is 0 Å². The van der Waals surface area contributed by atoms with E-state index in [9.17, 15) is 18.0 Å². The summed E-state index contributed by atoms with van der Waals surface area (Å²) in [6.45, 7) is 1.67. The van der Waals surface area contributed by atoms with Crippen LogP contribution >= 0.6 is 0 Å². The Hall–Kier alpha value is -4.65. The number of anilines is 1. The SMILES string of the molecule is Cc1cc(C#N)ccc1C(=O)Nc1ccc(-c2nnc(COc3cccc(C(F)(F)F)c3)[nH]2)cc1. The highest BCUT2D eigenvalue weighted by Gasteiger charge is 2.30. The molecule has 0 unspecified atom stereocenters. The first-order valence-corrected chi connectivity index (χ1v) is 10.4. The van der Waals surface area contributed by atoms with Gasteiger partial charge < -0.3 is 15.0 Å². The van der Waals surface area contributed by atoms with E-state index in [1.165, 1.54) is 12.1 Å². The van der Waals surface area contributed by atoms with Crippen molar-refractivity contribution in [3.8, 4) is 23.2 Å². The first kappa shape index (κ1) is 23.5. The fraction of sp³-hybridized carbons (Fsp3) is 0.120. The van der Waals surface area contributed by atoms with Crippen LogP contribution in [-0.2, 0) is 12.8 Å². The summed E-state index contributed by atoms with van der Waals surface area (Å²) in [5.74, 6) is 0.545. The highest BCUT2D eigenvalue weighted by molar-refractivity contribution is 6.05. The second-order valence-corrected chi connectivity index (χ2v) is 7.61. The van der Waals surface area contributed by atoms with Gasteiger partial charge in [0.25, 0.3) is 5.91 Å². The summed E-state index contributed by atoms with van der Waals surface area (Å²) >= 11 is 0. The number of ether oxygens (including phenoxy) is 1. The van der Waals surface area contributed by atoms with Crippen LogP contribution in [0.4, 0.5) is 18.9 Å². The van der Waals surface area contributed by atoms with Gasteiger partial charge in [-0.25, -0.2) is 0 Å². The number of carbonyl (C=O) groups excluding carboxylic acids is 1. The molecule has 0 bridgehead atoms. The monoisotopic (exact) mass is 477 g/mol. The molecule has 0 radical (unpaired) electrons. The van der Waals surface area contributed by atoms with Crippen LogP contribution in [0, 0.1) is 18.3 Å². The van der Waals surface area contributed by atoms with Gasteiger partial charge in [0, 0.05) is 16.8 Å². The molecule has 10 heteroatoms. The number of aryl methyl sites for hydroxylation is 1. The molecule has 35 heavy (non-hydrogen) atoms. The number of carbonyl (C=O) groups is 1. The average molecular weight is 477 g/mol. The summed E-state index contributed by atoms with van der Waals surface area (Å²) in [5, 5.41) is 19.8. The molecule has 0 saturated carbocycles. The molecule has 1 heterocycles. The number of hydrogen-bond donors (Lipinski definition) is 2. The number of halogens is 3. The van der Waals surface area contributed by atoms with E-state index >= 15 is 0 Å². The summed E-state index contributed by atoms with van der Waals surface area (Å²) in [6.07, 6.45) is -4.45. The molecule has 2 N–H and O–H groups in total. The Labute approximate surface area is 198 Å². The number of nitrogens with one attached hydrogen (secondary N) is 2. The normalized spacial score (nSPS) is 11.1. The van der Waals surface area contributed by atoms with Gasteiger partial charge >= 0.3 is 6.18 Å². The molecule has 0 saturated heterocycles. The van der Waals surface area contributed by atoms with Gasteiger partial charge in [0.05, 0.1) is 17.2 Å². The summed E-state index contributed by atoms with van der Waals surface area (Å²) in [4.78, 5) is 15.5. The quantitative estimate of drug-likeness (QED) is 0.382. The predicted octanol–water partition coefficient (Wildman–Crippen LogP) is 5.50. The van der Waals surface area contributed by atoms with Crippen LogP contribution in [0.25, 0.3) is 11.4 Å². The predicted molar refractivity (Wildman–Crippen MR) is 121 cm³/mol. The summed E-state index contributed by atoms with van der Waals surface area (Å²) < 4.78 is 43.9. The van der Waals surface area contributed by atoms with Gasteiger partial charge in [-0.3, -0.25) is 4.79 Å². The molecule has 4 rings (SSSR count). The lowest BCUT2D eigenvalue weighted by atomic mass is 10.0. The molecule has 0 atom stereocenters. The summed E-state index contributed by atoms with van der Waals surface area (Å²) in [7, 11) is 0. The van der Waals surface area contributed by atoms with E-state index in [1.807, 2.05) is 6.07 Å². The number of nitrogens with zero attached hydrogens (tertiary/aromatic N) is 3. The van der Waals surface area contributed by atoms with Crippen LogP contribution < -0.4 is 10.1 Å².